The van der Waals surface area contributed by atoms with Gasteiger partial charge >= 0.3 is 0 Å². The molecular formula is C27H36ClN5O2. The number of hydrogen-bond donors (Lipinski definition) is 1. The molecule has 0 saturated heterocycles. The van der Waals surface area contributed by atoms with Crippen molar-refractivity contribution in [3.05, 3.63) is 55.8 Å². The van der Waals surface area contributed by atoms with E-state index in [-0.39, 0.29) is 17.9 Å². The molecule has 0 radical (unpaired) electrons. The second kappa shape index (κ2) is 10.5. The molecule has 1 amide bonds. The third-order valence-electron chi connectivity index (χ3n) is 7.67. The number of nitrogens with one attached hydrogen (secondary N) is 1. The Morgan fingerprint density at radius 1 is 1.14 bits per heavy atom. The Morgan fingerprint density at radius 3 is 2.49 bits per heavy atom. The molecule has 1 fully saturated rings. The lowest BCUT2D eigenvalue weighted by atomic mass is 9.89. The number of pyridine rings is 1. The van der Waals surface area contributed by atoms with Gasteiger partial charge in [-0.05, 0) is 78.2 Å². The van der Waals surface area contributed by atoms with E-state index in [1.54, 1.807) is 12.3 Å². The van der Waals surface area contributed by atoms with Crippen LogP contribution in [0.1, 0.15) is 59.8 Å². The summed E-state index contributed by atoms with van der Waals surface area (Å²) in [4.78, 5) is 34.9. The zero-order chi connectivity index (χ0) is 25.3. The minimum atomic E-state index is -0.223. The van der Waals surface area contributed by atoms with E-state index in [2.05, 4.69) is 41.1 Å². The normalized spacial score (nSPS) is 19.2. The molecule has 7 nitrogen and oxygen atoms in total. The van der Waals surface area contributed by atoms with E-state index >= 15 is 0 Å². The highest BCUT2D eigenvalue weighted by atomic mass is 35.5. The van der Waals surface area contributed by atoms with Crippen molar-refractivity contribution in [2.45, 2.75) is 71.6 Å². The number of aliphatic imine (C=N–C) groups is 1. The zero-order valence-electron chi connectivity index (χ0n) is 21.4. The molecule has 0 atom stereocenters. The lowest BCUT2D eigenvalue weighted by Crippen LogP contribution is -2.42. The van der Waals surface area contributed by atoms with E-state index in [1.165, 1.54) is 18.9 Å². The lowest BCUT2D eigenvalue weighted by Gasteiger charge is -2.40. The minimum Gasteiger partial charge on any atom is -0.369 e. The van der Waals surface area contributed by atoms with Crippen LogP contribution >= 0.6 is 11.6 Å². The third-order valence-corrected chi connectivity index (χ3v) is 7.88. The molecule has 188 valence electrons. The average Bonchev–Trinajstić information content (AvgIpc) is 3.30. The van der Waals surface area contributed by atoms with Crippen LogP contribution in [-0.4, -0.2) is 54.3 Å². The number of aromatic nitrogens is 1. The molecule has 1 N–H and O–H groups in total. The van der Waals surface area contributed by atoms with Gasteiger partial charge in [-0.2, -0.15) is 0 Å². The van der Waals surface area contributed by atoms with Gasteiger partial charge in [-0.1, -0.05) is 11.6 Å². The van der Waals surface area contributed by atoms with Crippen LogP contribution in [0.15, 0.2) is 28.0 Å². The standard InChI is InChI=1S/C27H36ClN5O2/c1-6-32(21-9-7-20(8-10-21)31(4)5)24-14-19(28)13-22(17(24)2)27(35)30-16-23-18(3)33-12-11-29-26(33)15-25(23)34/h11,13-15,20-21H,6-10,12,16H2,1-5H3,(H,30,35). The molecule has 0 bridgehead atoms. The molecule has 0 unspecified atom stereocenters. The summed E-state index contributed by atoms with van der Waals surface area (Å²) in [5, 5.41) is 3.51. The summed E-state index contributed by atoms with van der Waals surface area (Å²) in [6.45, 7) is 7.70. The largest absolute Gasteiger partial charge is 0.369 e. The van der Waals surface area contributed by atoms with Crippen LogP contribution in [0.25, 0.3) is 0 Å². The molecular weight excluding hydrogens is 462 g/mol. The van der Waals surface area contributed by atoms with Gasteiger partial charge < -0.3 is 19.7 Å². The first-order valence-corrected chi connectivity index (χ1v) is 12.9. The molecule has 1 aromatic heterocycles. The second-order valence-corrected chi connectivity index (χ2v) is 10.3. The summed E-state index contributed by atoms with van der Waals surface area (Å²) in [6, 6.07) is 6.30. The van der Waals surface area contributed by atoms with Crippen molar-refractivity contribution in [2.24, 2.45) is 4.99 Å². The molecule has 2 aromatic rings. The van der Waals surface area contributed by atoms with Crippen LogP contribution in [0.5, 0.6) is 0 Å². The van der Waals surface area contributed by atoms with Crippen molar-refractivity contribution in [2.75, 3.05) is 25.5 Å². The summed E-state index contributed by atoms with van der Waals surface area (Å²) >= 11 is 6.52. The first kappa shape index (κ1) is 25.5. The number of carbonyl (C=O) groups excluding carboxylic acids is 1. The fourth-order valence-corrected chi connectivity index (χ4v) is 5.75. The van der Waals surface area contributed by atoms with Crippen molar-refractivity contribution in [1.82, 2.24) is 14.8 Å². The van der Waals surface area contributed by atoms with E-state index in [0.717, 1.165) is 36.3 Å². The Hall–Kier alpha value is -2.64. The van der Waals surface area contributed by atoms with E-state index in [9.17, 15) is 9.59 Å². The highest BCUT2D eigenvalue weighted by Crippen LogP contribution is 2.34. The fourth-order valence-electron chi connectivity index (χ4n) is 5.54. The highest BCUT2D eigenvalue weighted by molar-refractivity contribution is 6.31. The van der Waals surface area contributed by atoms with Crippen molar-refractivity contribution >= 4 is 35.2 Å². The van der Waals surface area contributed by atoms with Gasteiger partial charge in [-0.25, -0.2) is 4.99 Å². The Labute approximate surface area is 212 Å². The van der Waals surface area contributed by atoms with Gasteiger partial charge in [-0.15, -0.1) is 0 Å². The van der Waals surface area contributed by atoms with E-state index in [1.807, 2.05) is 24.5 Å². The number of amides is 1. The molecule has 2 heterocycles. The zero-order valence-corrected chi connectivity index (χ0v) is 22.2. The van der Waals surface area contributed by atoms with Gasteiger partial charge in [-0.3, -0.25) is 9.59 Å². The smallest absolute Gasteiger partial charge is 0.251 e. The molecule has 1 aliphatic carbocycles. The first-order valence-electron chi connectivity index (χ1n) is 12.5. The van der Waals surface area contributed by atoms with Crippen LogP contribution in [-0.2, 0) is 13.1 Å². The van der Waals surface area contributed by atoms with Gasteiger partial charge in [0.15, 0.2) is 5.43 Å². The van der Waals surface area contributed by atoms with Crippen LogP contribution in [0.4, 0.5) is 11.5 Å². The number of fused-ring (bicyclic) bond motifs is 1. The number of rotatable bonds is 7. The summed E-state index contributed by atoms with van der Waals surface area (Å²) in [7, 11) is 4.31. The Morgan fingerprint density at radius 2 is 1.83 bits per heavy atom. The Bertz CT molecular complexity index is 1200. The molecule has 4 rings (SSSR count). The third kappa shape index (κ3) is 5.16. The molecule has 1 aromatic carbocycles. The van der Waals surface area contributed by atoms with Crippen molar-refractivity contribution in [3.8, 4) is 0 Å². The second-order valence-electron chi connectivity index (χ2n) is 9.85. The van der Waals surface area contributed by atoms with Crippen LogP contribution in [0.3, 0.4) is 0 Å². The Kier molecular flexibility index (Phi) is 7.67. The maximum absolute atomic E-state index is 13.3. The van der Waals surface area contributed by atoms with Crippen molar-refractivity contribution in [1.29, 1.82) is 0 Å². The van der Waals surface area contributed by atoms with Gasteiger partial charge in [0.2, 0.25) is 0 Å². The molecule has 2 aliphatic rings. The van der Waals surface area contributed by atoms with Crippen molar-refractivity contribution in [3.63, 3.8) is 0 Å². The minimum absolute atomic E-state index is 0.109. The predicted octanol–water partition coefficient (Wildman–Crippen LogP) is 4.46. The summed E-state index contributed by atoms with van der Waals surface area (Å²) < 4.78 is 1.98. The van der Waals surface area contributed by atoms with E-state index in [4.69, 9.17) is 11.6 Å². The number of anilines is 1. The van der Waals surface area contributed by atoms with E-state index in [0.29, 0.717) is 40.6 Å². The molecule has 8 heteroatoms. The summed E-state index contributed by atoms with van der Waals surface area (Å²) in [5.41, 5.74) is 3.79. The summed E-state index contributed by atoms with van der Waals surface area (Å²) in [6.07, 6.45) is 6.36. The number of benzene rings is 1. The van der Waals surface area contributed by atoms with Crippen LogP contribution < -0.4 is 15.6 Å². The van der Waals surface area contributed by atoms with Gasteiger partial charge in [0.1, 0.15) is 5.82 Å². The lowest BCUT2D eigenvalue weighted by molar-refractivity contribution is 0.0950. The SMILES string of the molecule is CCN(c1cc(Cl)cc(C(=O)NCc2c(C)n3c(cc2=O)N=CC3)c1C)C1CCC(N(C)C)CC1. The first-order chi connectivity index (χ1) is 16.7. The summed E-state index contributed by atoms with van der Waals surface area (Å²) in [5.74, 6) is 0.441. The van der Waals surface area contributed by atoms with Crippen molar-refractivity contribution < 1.29 is 4.79 Å². The fraction of sp³-hybridized carbons (Fsp3) is 0.519. The monoisotopic (exact) mass is 497 g/mol. The maximum atomic E-state index is 13.3. The van der Waals surface area contributed by atoms with Gasteiger partial charge in [0.25, 0.3) is 5.91 Å². The average molecular weight is 498 g/mol. The molecule has 1 aliphatic heterocycles. The number of carbonyl (C=O) groups is 1. The molecule has 35 heavy (non-hydrogen) atoms. The number of nitrogens with zero attached hydrogens (tertiary/aromatic N) is 4. The van der Waals surface area contributed by atoms with Crippen LogP contribution in [0.2, 0.25) is 5.02 Å². The molecule has 0 spiro atoms. The topological polar surface area (TPSA) is 69.9 Å². The predicted molar refractivity (Wildman–Crippen MR) is 144 cm³/mol. The maximum Gasteiger partial charge on any atom is 0.251 e. The van der Waals surface area contributed by atoms with Gasteiger partial charge in [0.05, 0.1) is 6.54 Å². The van der Waals surface area contributed by atoms with E-state index < -0.39 is 0 Å². The number of hydrogen-bond acceptors (Lipinski definition) is 5. The van der Waals surface area contributed by atoms with Gasteiger partial charge in [0, 0.05) is 65.0 Å². The molecule has 1 saturated carbocycles. The van der Waals surface area contributed by atoms with Crippen LogP contribution in [0, 0.1) is 13.8 Å². The Balaban J connectivity index is 1.54. The quantitative estimate of drug-likeness (QED) is 0.613. The highest BCUT2D eigenvalue weighted by Gasteiger charge is 2.28. The number of halogens is 1.